The van der Waals surface area contributed by atoms with Gasteiger partial charge in [0.1, 0.15) is 5.82 Å². The summed E-state index contributed by atoms with van der Waals surface area (Å²) in [5.41, 5.74) is 1.96. The molecule has 28 heavy (non-hydrogen) atoms. The van der Waals surface area contributed by atoms with E-state index in [4.69, 9.17) is 14.2 Å². The molecule has 2 aromatic carbocycles. The van der Waals surface area contributed by atoms with Crippen LogP contribution in [0.3, 0.4) is 0 Å². The zero-order valence-electron chi connectivity index (χ0n) is 16.8. The first kappa shape index (κ1) is 21.3. The van der Waals surface area contributed by atoms with Gasteiger partial charge in [0.05, 0.1) is 21.3 Å². The number of hydrogen-bond acceptors (Lipinski definition) is 4. The first-order valence-electron chi connectivity index (χ1n) is 9.09. The minimum Gasteiger partial charge on any atom is -0.493 e. The molecule has 0 aliphatic heterocycles. The summed E-state index contributed by atoms with van der Waals surface area (Å²) in [5, 5.41) is 6.52. The molecule has 0 aromatic heterocycles. The molecule has 0 amide bonds. The monoisotopic (exact) mass is 389 g/mol. The minimum atomic E-state index is -0.201. The molecule has 0 unspecified atom stereocenters. The number of benzene rings is 2. The number of ether oxygens (including phenoxy) is 3. The van der Waals surface area contributed by atoms with Gasteiger partial charge in [0.25, 0.3) is 0 Å². The van der Waals surface area contributed by atoms with E-state index >= 15 is 0 Å². The van der Waals surface area contributed by atoms with Crippen LogP contribution < -0.4 is 24.8 Å². The summed E-state index contributed by atoms with van der Waals surface area (Å²) in [6.45, 7) is 1.27. The van der Waals surface area contributed by atoms with Gasteiger partial charge in [0.2, 0.25) is 5.75 Å². The average molecular weight is 389 g/mol. The zero-order valence-corrected chi connectivity index (χ0v) is 16.8. The fraction of sp³-hybridized carbons (Fsp3) is 0.381. The topological polar surface area (TPSA) is 64.1 Å². The van der Waals surface area contributed by atoms with E-state index in [-0.39, 0.29) is 5.82 Å². The Kier molecular flexibility index (Phi) is 8.39. The molecular formula is C21H28FN3O3. The number of rotatable bonds is 9. The highest BCUT2D eigenvalue weighted by atomic mass is 19.1. The van der Waals surface area contributed by atoms with Crippen molar-refractivity contribution in [2.75, 3.05) is 34.9 Å². The van der Waals surface area contributed by atoms with Crippen molar-refractivity contribution in [1.29, 1.82) is 0 Å². The van der Waals surface area contributed by atoms with Crippen LogP contribution in [0.2, 0.25) is 0 Å². The summed E-state index contributed by atoms with van der Waals surface area (Å²) in [6.07, 6.45) is 1.67. The van der Waals surface area contributed by atoms with E-state index in [9.17, 15) is 4.39 Å². The maximum absolute atomic E-state index is 13.2. The van der Waals surface area contributed by atoms with Gasteiger partial charge in [-0.1, -0.05) is 12.1 Å². The van der Waals surface area contributed by atoms with E-state index in [1.54, 1.807) is 40.5 Å². The lowest BCUT2D eigenvalue weighted by Gasteiger charge is -2.16. The number of nitrogens with zero attached hydrogens (tertiary/aromatic N) is 1. The molecule has 6 nitrogen and oxygen atoms in total. The van der Waals surface area contributed by atoms with Gasteiger partial charge in [-0.15, -0.1) is 0 Å². The summed E-state index contributed by atoms with van der Waals surface area (Å²) in [5.74, 6) is 2.27. The van der Waals surface area contributed by atoms with Gasteiger partial charge in [-0.3, -0.25) is 4.99 Å². The van der Waals surface area contributed by atoms with Crippen LogP contribution in [0.15, 0.2) is 41.4 Å². The van der Waals surface area contributed by atoms with Crippen LogP contribution in [0.4, 0.5) is 4.39 Å². The van der Waals surface area contributed by atoms with E-state index in [1.165, 1.54) is 6.07 Å². The fourth-order valence-corrected chi connectivity index (χ4v) is 2.84. The summed E-state index contributed by atoms with van der Waals surface area (Å²) >= 11 is 0. The second-order valence-corrected chi connectivity index (χ2v) is 6.12. The zero-order chi connectivity index (χ0) is 20.4. The molecule has 0 radical (unpaired) electrons. The minimum absolute atomic E-state index is 0.201. The van der Waals surface area contributed by atoms with Crippen molar-refractivity contribution in [2.24, 2.45) is 4.99 Å². The molecule has 0 spiro atoms. The normalized spacial score (nSPS) is 11.1. The molecular weight excluding hydrogens is 361 g/mol. The van der Waals surface area contributed by atoms with Gasteiger partial charge in [0.15, 0.2) is 17.5 Å². The lowest BCUT2D eigenvalue weighted by atomic mass is 10.1. The fourth-order valence-electron chi connectivity index (χ4n) is 2.84. The van der Waals surface area contributed by atoms with Crippen molar-refractivity contribution in [3.8, 4) is 17.2 Å². The predicted molar refractivity (Wildman–Crippen MR) is 109 cm³/mol. The lowest BCUT2D eigenvalue weighted by molar-refractivity contribution is 0.323. The third kappa shape index (κ3) is 6.04. The van der Waals surface area contributed by atoms with E-state index in [0.29, 0.717) is 29.8 Å². The molecule has 2 aromatic rings. The highest BCUT2D eigenvalue weighted by Crippen LogP contribution is 2.38. The van der Waals surface area contributed by atoms with Crippen LogP contribution in [-0.2, 0) is 13.0 Å². The largest absolute Gasteiger partial charge is 0.493 e. The first-order valence-corrected chi connectivity index (χ1v) is 9.09. The van der Waals surface area contributed by atoms with Crippen molar-refractivity contribution in [2.45, 2.75) is 19.4 Å². The Bertz CT molecular complexity index is 771. The predicted octanol–water partition coefficient (Wildman–Crippen LogP) is 3.15. The quantitative estimate of drug-likeness (QED) is 0.392. The molecule has 0 heterocycles. The van der Waals surface area contributed by atoms with Crippen molar-refractivity contribution in [1.82, 2.24) is 10.6 Å². The standard InChI is InChI=1S/C21H28FN3O3/c1-23-21(24-10-6-8-15-7-5-9-17(22)11-15)25-14-16-12-18(26-2)20(28-4)19(13-16)27-3/h5,7,9,11-13H,6,8,10,14H2,1-4H3,(H2,23,24,25). The Balaban J connectivity index is 1.86. The summed E-state index contributed by atoms with van der Waals surface area (Å²) in [4.78, 5) is 4.23. The third-order valence-electron chi connectivity index (χ3n) is 4.23. The molecule has 7 heteroatoms. The molecule has 0 saturated carbocycles. The van der Waals surface area contributed by atoms with Gasteiger partial charge >= 0.3 is 0 Å². The first-order chi connectivity index (χ1) is 13.6. The van der Waals surface area contributed by atoms with Gasteiger partial charge in [-0.25, -0.2) is 4.39 Å². The Labute approximate surface area is 165 Å². The lowest BCUT2D eigenvalue weighted by Crippen LogP contribution is -2.37. The number of aryl methyl sites for hydroxylation is 1. The van der Waals surface area contributed by atoms with E-state index < -0.39 is 0 Å². The molecule has 0 saturated heterocycles. The van der Waals surface area contributed by atoms with Crippen molar-refractivity contribution < 1.29 is 18.6 Å². The van der Waals surface area contributed by atoms with Gasteiger partial charge in [0, 0.05) is 20.1 Å². The van der Waals surface area contributed by atoms with Gasteiger partial charge in [-0.2, -0.15) is 0 Å². The van der Waals surface area contributed by atoms with Crippen molar-refractivity contribution in [3.63, 3.8) is 0 Å². The van der Waals surface area contributed by atoms with Crippen LogP contribution >= 0.6 is 0 Å². The second kappa shape index (κ2) is 11.0. The number of guanidine groups is 1. The molecule has 152 valence electrons. The molecule has 2 rings (SSSR count). The number of halogens is 1. The maximum atomic E-state index is 13.2. The van der Waals surface area contributed by atoms with Gasteiger partial charge < -0.3 is 24.8 Å². The number of aliphatic imine (C=N–C) groups is 1. The third-order valence-corrected chi connectivity index (χ3v) is 4.23. The summed E-state index contributed by atoms with van der Waals surface area (Å²) < 4.78 is 29.3. The van der Waals surface area contributed by atoms with Crippen molar-refractivity contribution in [3.05, 3.63) is 53.3 Å². The molecule has 0 fully saturated rings. The van der Waals surface area contributed by atoms with Gasteiger partial charge in [-0.05, 0) is 48.2 Å². The average Bonchev–Trinajstić information content (AvgIpc) is 2.72. The van der Waals surface area contributed by atoms with Crippen LogP contribution in [0.5, 0.6) is 17.2 Å². The van der Waals surface area contributed by atoms with Crippen LogP contribution in [-0.4, -0.2) is 40.9 Å². The molecule has 0 aliphatic carbocycles. The SMILES string of the molecule is CN=C(NCCCc1cccc(F)c1)NCc1cc(OC)c(OC)c(OC)c1. The Morgan fingerprint density at radius 3 is 2.25 bits per heavy atom. The number of methoxy groups -OCH3 is 3. The summed E-state index contributed by atoms with van der Waals surface area (Å²) in [6, 6.07) is 10.5. The number of nitrogens with one attached hydrogen (secondary N) is 2. The molecule has 0 bridgehead atoms. The Hall–Kier alpha value is -2.96. The highest BCUT2D eigenvalue weighted by molar-refractivity contribution is 5.79. The van der Waals surface area contributed by atoms with Crippen molar-refractivity contribution >= 4 is 5.96 Å². The molecule has 0 aliphatic rings. The smallest absolute Gasteiger partial charge is 0.203 e. The number of hydrogen-bond donors (Lipinski definition) is 2. The maximum Gasteiger partial charge on any atom is 0.203 e. The van der Waals surface area contributed by atoms with E-state index in [2.05, 4.69) is 15.6 Å². The molecule has 0 atom stereocenters. The highest BCUT2D eigenvalue weighted by Gasteiger charge is 2.13. The Morgan fingerprint density at radius 1 is 0.964 bits per heavy atom. The van der Waals surface area contributed by atoms with Crippen LogP contribution in [0, 0.1) is 5.82 Å². The van der Waals surface area contributed by atoms with E-state index in [1.807, 2.05) is 18.2 Å². The van der Waals surface area contributed by atoms with Crippen LogP contribution in [0.1, 0.15) is 17.5 Å². The van der Waals surface area contributed by atoms with Crippen LogP contribution in [0.25, 0.3) is 0 Å². The molecule has 2 N–H and O–H groups in total. The van der Waals surface area contributed by atoms with E-state index in [0.717, 1.165) is 30.5 Å². The Morgan fingerprint density at radius 2 is 1.68 bits per heavy atom. The second-order valence-electron chi connectivity index (χ2n) is 6.12. The summed E-state index contributed by atoms with van der Waals surface area (Å²) in [7, 11) is 6.48.